The smallest absolute Gasteiger partial charge is 0.231 e. The average Bonchev–Trinajstić information content (AvgIpc) is 2.38. The number of carbonyl (C=O) groups is 1. The Morgan fingerprint density at radius 1 is 1.33 bits per heavy atom. The van der Waals surface area contributed by atoms with E-state index in [-0.39, 0.29) is 22.9 Å². The summed E-state index contributed by atoms with van der Waals surface area (Å²) in [4.78, 5) is 11.9. The Hall–Kier alpha value is -2.04. The van der Waals surface area contributed by atoms with E-state index in [0.717, 1.165) is 0 Å². The van der Waals surface area contributed by atoms with E-state index < -0.39 is 5.41 Å². The van der Waals surface area contributed by atoms with Gasteiger partial charge in [0.25, 0.3) is 0 Å². The molecule has 0 unspecified atom stereocenters. The maximum atomic E-state index is 11.9. The minimum Gasteiger partial charge on any atom is -0.326 e. The summed E-state index contributed by atoms with van der Waals surface area (Å²) >= 11 is 5.70. The minimum atomic E-state index is -0.692. The summed E-state index contributed by atoms with van der Waals surface area (Å²) in [5.41, 5.74) is 0.308. The van der Waals surface area contributed by atoms with E-state index in [0.29, 0.717) is 5.69 Å². The molecule has 92 valence electrons. The van der Waals surface area contributed by atoms with E-state index in [1.807, 2.05) is 12.1 Å². The topological polar surface area (TPSA) is 76.7 Å². The molecule has 0 bridgehead atoms. The number of nitrogens with one attached hydrogen (secondary N) is 1. The Morgan fingerprint density at radius 3 is 2.44 bits per heavy atom. The zero-order chi connectivity index (χ0) is 13.8. The monoisotopic (exact) mass is 261 g/mol. The van der Waals surface area contributed by atoms with Gasteiger partial charge >= 0.3 is 0 Å². The predicted octanol–water partition coefficient (Wildman–Crippen LogP) is 2.63. The highest BCUT2D eigenvalue weighted by Crippen LogP contribution is 2.21. The fourth-order valence-corrected chi connectivity index (χ4v) is 1.29. The molecule has 0 spiro atoms. The normalized spacial score (nSPS) is 10.3. The van der Waals surface area contributed by atoms with Crippen molar-refractivity contribution in [2.24, 2.45) is 5.41 Å². The maximum Gasteiger partial charge on any atom is 0.231 e. The first-order valence-electron chi connectivity index (χ1n) is 5.26. The van der Waals surface area contributed by atoms with Crippen LogP contribution in [0.2, 0.25) is 0 Å². The summed E-state index contributed by atoms with van der Waals surface area (Å²) in [6.45, 7) is 3.45. The molecule has 0 aliphatic carbocycles. The second kappa shape index (κ2) is 5.53. The van der Waals surface area contributed by atoms with Crippen molar-refractivity contribution in [3.8, 4) is 12.1 Å². The molecule has 1 aromatic carbocycles. The Bertz CT molecular complexity index is 552. The number of anilines is 1. The summed E-state index contributed by atoms with van der Waals surface area (Å²) in [6.07, 6.45) is 0. The van der Waals surface area contributed by atoms with E-state index in [2.05, 4.69) is 5.32 Å². The molecule has 0 atom stereocenters. The Balaban J connectivity index is 2.98. The number of nitrogens with zero attached hydrogens (tertiary/aromatic N) is 2. The van der Waals surface area contributed by atoms with E-state index in [4.69, 9.17) is 22.1 Å². The summed E-state index contributed by atoms with van der Waals surface area (Å²) in [5, 5.41) is 20.3. The van der Waals surface area contributed by atoms with Crippen LogP contribution in [0.4, 0.5) is 5.69 Å². The predicted molar refractivity (Wildman–Crippen MR) is 69.0 cm³/mol. The molecule has 0 aliphatic heterocycles. The van der Waals surface area contributed by atoms with Crippen molar-refractivity contribution in [3.63, 3.8) is 0 Å². The molecule has 1 N–H and O–H groups in total. The molecular formula is C13H12ClN3O. The standard InChI is InChI=1S/C13H12ClN3O/c1-13(2,8-14)12(18)17-11-4-3-9(6-15)10(5-11)7-16/h3-5H,8H2,1-2H3,(H,17,18). The van der Waals surface area contributed by atoms with Gasteiger partial charge in [-0.25, -0.2) is 0 Å². The van der Waals surface area contributed by atoms with Crippen LogP contribution in [0, 0.1) is 28.1 Å². The zero-order valence-electron chi connectivity index (χ0n) is 10.1. The van der Waals surface area contributed by atoms with Crippen molar-refractivity contribution in [2.45, 2.75) is 13.8 Å². The SMILES string of the molecule is CC(C)(CCl)C(=O)Nc1ccc(C#N)c(C#N)c1. The van der Waals surface area contributed by atoms with Gasteiger partial charge in [0.1, 0.15) is 12.1 Å². The second-order valence-electron chi connectivity index (χ2n) is 4.46. The molecule has 0 aliphatic rings. The van der Waals surface area contributed by atoms with Crippen LogP contribution in [-0.4, -0.2) is 11.8 Å². The number of benzene rings is 1. The van der Waals surface area contributed by atoms with E-state index in [1.54, 1.807) is 19.9 Å². The second-order valence-corrected chi connectivity index (χ2v) is 4.72. The van der Waals surface area contributed by atoms with Crippen molar-refractivity contribution >= 4 is 23.2 Å². The first-order chi connectivity index (χ1) is 8.44. The van der Waals surface area contributed by atoms with E-state index in [9.17, 15) is 4.79 Å². The highest BCUT2D eigenvalue weighted by atomic mass is 35.5. The van der Waals surface area contributed by atoms with Crippen LogP contribution in [0.15, 0.2) is 18.2 Å². The van der Waals surface area contributed by atoms with Gasteiger partial charge in [0.05, 0.1) is 16.5 Å². The summed E-state index contributed by atoms with van der Waals surface area (Å²) < 4.78 is 0. The van der Waals surface area contributed by atoms with Crippen LogP contribution in [0.5, 0.6) is 0 Å². The van der Waals surface area contributed by atoms with Crippen molar-refractivity contribution in [2.75, 3.05) is 11.2 Å². The van der Waals surface area contributed by atoms with Crippen LogP contribution in [0.25, 0.3) is 0 Å². The molecule has 1 amide bonds. The third kappa shape index (κ3) is 3.00. The summed E-state index contributed by atoms with van der Waals surface area (Å²) in [7, 11) is 0. The van der Waals surface area contributed by atoms with Gasteiger partial charge in [0.2, 0.25) is 5.91 Å². The molecule has 0 aromatic heterocycles. The summed E-state index contributed by atoms with van der Waals surface area (Å²) in [6, 6.07) is 8.38. The highest BCUT2D eigenvalue weighted by Gasteiger charge is 2.26. The van der Waals surface area contributed by atoms with Crippen LogP contribution in [-0.2, 0) is 4.79 Å². The molecule has 0 fully saturated rings. The van der Waals surface area contributed by atoms with Gasteiger partial charge in [-0.3, -0.25) is 4.79 Å². The molecule has 1 aromatic rings. The van der Waals surface area contributed by atoms with Crippen LogP contribution in [0.3, 0.4) is 0 Å². The third-order valence-electron chi connectivity index (χ3n) is 2.47. The van der Waals surface area contributed by atoms with Crippen LogP contribution >= 0.6 is 11.6 Å². The molecule has 0 saturated carbocycles. The number of nitriles is 2. The summed E-state index contributed by atoms with van der Waals surface area (Å²) in [5.74, 6) is -0.0358. The fourth-order valence-electron chi connectivity index (χ4n) is 1.17. The lowest BCUT2D eigenvalue weighted by Crippen LogP contribution is -2.32. The molecule has 4 nitrogen and oxygen atoms in total. The van der Waals surface area contributed by atoms with Gasteiger partial charge in [0, 0.05) is 11.6 Å². The zero-order valence-corrected chi connectivity index (χ0v) is 10.9. The van der Waals surface area contributed by atoms with Crippen molar-refractivity contribution in [3.05, 3.63) is 29.3 Å². The number of halogens is 1. The van der Waals surface area contributed by atoms with Crippen molar-refractivity contribution in [1.82, 2.24) is 0 Å². The van der Waals surface area contributed by atoms with Gasteiger partial charge in [-0.1, -0.05) is 0 Å². The Labute approximate surface area is 111 Å². The van der Waals surface area contributed by atoms with Gasteiger partial charge in [-0.15, -0.1) is 11.6 Å². The first kappa shape index (κ1) is 14.0. The highest BCUT2D eigenvalue weighted by molar-refractivity contribution is 6.20. The van der Waals surface area contributed by atoms with Gasteiger partial charge in [-0.2, -0.15) is 10.5 Å². The van der Waals surface area contributed by atoms with Gasteiger partial charge < -0.3 is 5.32 Å². The maximum absolute atomic E-state index is 11.9. The van der Waals surface area contributed by atoms with Crippen LogP contribution < -0.4 is 5.32 Å². The van der Waals surface area contributed by atoms with E-state index in [1.165, 1.54) is 12.1 Å². The quantitative estimate of drug-likeness (QED) is 0.850. The lowest BCUT2D eigenvalue weighted by atomic mass is 9.95. The Morgan fingerprint density at radius 2 is 1.94 bits per heavy atom. The third-order valence-corrected chi connectivity index (χ3v) is 3.14. The first-order valence-corrected chi connectivity index (χ1v) is 5.79. The van der Waals surface area contributed by atoms with Crippen molar-refractivity contribution < 1.29 is 4.79 Å². The minimum absolute atomic E-state index is 0.195. The van der Waals surface area contributed by atoms with Crippen molar-refractivity contribution in [1.29, 1.82) is 10.5 Å². The number of alkyl halides is 1. The fraction of sp³-hybridized carbons (Fsp3) is 0.308. The van der Waals surface area contributed by atoms with Gasteiger partial charge in [0.15, 0.2) is 0 Å². The number of rotatable bonds is 3. The molecule has 0 heterocycles. The number of hydrogen-bond donors (Lipinski definition) is 1. The number of carbonyl (C=O) groups excluding carboxylic acids is 1. The number of amides is 1. The van der Waals surface area contributed by atoms with Crippen LogP contribution in [0.1, 0.15) is 25.0 Å². The number of hydrogen-bond acceptors (Lipinski definition) is 3. The molecule has 18 heavy (non-hydrogen) atoms. The van der Waals surface area contributed by atoms with Gasteiger partial charge in [-0.05, 0) is 32.0 Å². The average molecular weight is 262 g/mol. The lowest BCUT2D eigenvalue weighted by molar-refractivity contribution is -0.122. The van der Waals surface area contributed by atoms with E-state index >= 15 is 0 Å². The lowest BCUT2D eigenvalue weighted by Gasteiger charge is -2.20. The molecule has 0 radical (unpaired) electrons. The Kier molecular flexibility index (Phi) is 4.31. The molecule has 5 heteroatoms. The molecule has 0 saturated heterocycles. The molecule has 1 rings (SSSR count). The largest absolute Gasteiger partial charge is 0.326 e. The molecular weight excluding hydrogens is 250 g/mol.